The van der Waals surface area contributed by atoms with Gasteiger partial charge in [-0.25, -0.2) is 0 Å². The van der Waals surface area contributed by atoms with E-state index in [0.29, 0.717) is 70.0 Å². The van der Waals surface area contributed by atoms with Gasteiger partial charge in [0, 0.05) is 0 Å². The SMILES string of the molecule is CCCCCCCCC1(CCCCCCCC)c2cc(B(O)O)c3n[se]nc3c2-c2c(F)c3c(c(F)c21)-c1c(cc(B(O)O)c2n[se]nc12)C3(CCCCCCCC)CCCCCCCC. The van der Waals surface area contributed by atoms with Gasteiger partial charge in [0.1, 0.15) is 0 Å². The molecular formula is C52H74B2F2N4O4Se2. The van der Waals surface area contributed by atoms with Crippen molar-refractivity contribution in [1.82, 2.24) is 15.9 Å². The monoisotopic (exact) mass is 1040 g/mol. The molecule has 0 amide bonds. The smallest absolute Gasteiger partial charge is 0.0654 e. The predicted molar refractivity (Wildman–Crippen MR) is 270 cm³/mol. The van der Waals surface area contributed by atoms with Crippen LogP contribution in [-0.4, -0.2) is 80.2 Å². The summed E-state index contributed by atoms with van der Waals surface area (Å²) >= 11 is -1.16. The van der Waals surface area contributed by atoms with E-state index < -0.39 is 66.6 Å². The van der Waals surface area contributed by atoms with Gasteiger partial charge in [0.05, 0.1) is 0 Å². The summed E-state index contributed by atoms with van der Waals surface area (Å²) in [5.74, 6) is -0.837. The summed E-state index contributed by atoms with van der Waals surface area (Å²) in [5, 5.41) is 43.7. The first kappa shape index (κ1) is 51.6. The summed E-state index contributed by atoms with van der Waals surface area (Å²) in [5.41, 5.74) is 4.23. The van der Waals surface area contributed by atoms with E-state index in [1.54, 1.807) is 0 Å². The number of rotatable bonds is 30. The zero-order valence-electron chi connectivity index (χ0n) is 40.3. The molecule has 0 aliphatic heterocycles. The van der Waals surface area contributed by atoms with E-state index >= 15 is 8.78 Å². The van der Waals surface area contributed by atoms with E-state index in [-0.39, 0.29) is 22.1 Å². The fraction of sp³-hybridized carbons (Fsp3) is 0.654. The summed E-state index contributed by atoms with van der Waals surface area (Å²) in [7, 11) is -3.64. The third-order valence-electron chi connectivity index (χ3n) is 15.4. The van der Waals surface area contributed by atoms with Crippen LogP contribution in [0.25, 0.3) is 44.3 Å². The molecule has 0 bridgehead atoms. The Morgan fingerprint density at radius 1 is 0.409 bits per heavy atom. The zero-order valence-corrected chi connectivity index (χ0v) is 43.7. The van der Waals surface area contributed by atoms with Gasteiger partial charge >= 0.3 is 381 Å². The van der Waals surface area contributed by atoms with Crippen LogP contribution in [0.4, 0.5) is 8.78 Å². The number of hydrogen-bond acceptors (Lipinski definition) is 8. The Balaban J connectivity index is 1.53. The Hall–Kier alpha value is -2.27. The van der Waals surface area contributed by atoms with Gasteiger partial charge in [0.15, 0.2) is 0 Å². The Labute approximate surface area is 406 Å². The summed E-state index contributed by atoms with van der Waals surface area (Å²) in [6.07, 6.45) is 27.4. The van der Waals surface area contributed by atoms with Crippen molar-refractivity contribution in [2.24, 2.45) is 0 Å². The molecule has 0 fully saturated rings. The van der Waals surface area contributed by atoms with Gasteiger partial charge in [0.2, 0.25) is 0 Å². The van der Waals surface area contributed by atoms with Gasteiger partial charge in [-0.2, -0.15) is 0 Å². The third-order valence-corrected chi connectivity index (χ3v) is 17.6. The van der Waals surface area contributed by atoms with Crippen LogP contribution < -0.4 is 10.9 Å². The van der Waals surface area contributed by atoms with Crippen molar-refractivity contribution in [3.05, 3.63) is 46.0 Å². The molecule has 14 heteroatoms. The van der Waals surface area contributed by atoms with Gasteiger partial charge in [-0.05, 0) is 0 Å². The van der Waals surface area contributed by atoms with Crippen molar-refractivity contribution in [2.75, 3.05) is 0 Å². The quantitative estimate of drug-likeness (QED) is 0.0264. The second-order valence-corrected chi connectivity index (χ2v) is 22.0. The van der Waals surface area contributed by atoms with Crippen LogP contribution in [-0.2, 0) is 10.8 Å². The molecule has 358 valence electrons. The summed E-state index contributed by atoms with van der Waals surface area (Å²) in [6.45, 7) is 8.84. The third kappa shape index (κ3) is 10.2. The predicted octanol–water partition coefficient (Wildman–Crippen LogP) is 10.9. The number of nitrogens with zero attached hydrogens (tertiary/aromatic N) is 4. The zero-order chi connectivity index (χ0) is 46.8. The molecule has 0 spiro atoms. The molecule has 7 rings (SSSR count). The number of aromatic nitrogens is 4. The van der Waals surface area contributed by atoms with Crippen molar-refractivity contribution in [1.29, 1.82) is 0 Å². The molecule has 2 aliphatic carbocycles. The van der Waals surface area contributed by atoms with Gasteiger partial charge in [-0.1, -0.05) is 27.7 Å². The van der Waals surface area contributed by atoms with E-state index in [4.69, 9.17) is 15.9 Å². The Morgan fingerprint density at radius 3 is 0.970 bits per heavy atom. The maximum absolute atomic E-state index is 19.4. The minimum atomic E-state index is -1.82. The van der Waals surface area contributed by atoms with Crippen LogP contribution in [0.3, 0.4) is 0 Å². The average molecular weight is 1040 g/mol. The minimum Gasteiger partial charge on any atom is -0.0654 e. The number of halogens is 2. The Kier molecular flexibility index (Phi) is 18.8. The Morgan fingerprint density at radius 2 is 0.682 bits per heavy atom. The van der Waals surface area contributed by atoms with Crippen molar-refractivity contribution in [3.8, 4) is 22.3 Å². The van der Waals surface area contributed by atoms with Crippen molar-refractivity contribution >= 4 is 77.2 Å². The van der Waals surface area contributed by atoms with Gasteiger partial charge < -0.3 is 0 Å². The Bertz CT molecular complexity index is 2190. The minimum absolute atomic E-state index is 0.254. The number of hydrogen-bond donors (Lipinski definition) is 4. The molecule has 66 heavy (non-hydrogen) atoms. The van der Waals surface area contributed by atoms with Gasteiger partial charge in [-0.15, -0.1) is 0 Å². The van der Waals surface area contributed by atoms with Crippen molar-refractivity contribution in [2.45, 2.75) is 218 Å². The molecule has 0 radical (unpaired) electrons. The molecule has 2 aliphatic rings. The first-order chi connectivity index (χ1) is 32.1. The second-order valence-electron chi connectivity index (χ2n) is 19.8. The second kappa shape index (κ2) is 24.0. The molecule has 4 N–H and O–H groups in total. The van der Waals surface area contributed by atoms with Crippen LogP contribution in [0.15, 0.2) is 12.1 Å². The molecular weight excluding hydrogens is 962 g/mol. The fourth-order valence-electron chi connectivity index (χ4n) is 12.0. The molecule has 2 aromatic heterocycles. The van der Waals surface area contributed by atoms with Crippen LogP contribution in [0.2, 0.25) is 0 Å². The van der Waals surface area contributed by atoms with Crippen molar-refractivity contribution < 1.29 is 28.9 Å². The number of unbranched alkanes of at least 4 members (excludes halogenated alkanes) is 20. The van der Waals surface area contributed by atoms with E-state index in [1.807, 2.05) is 12.1 Å². The van der Waals surface area contributed by atoms with E-state index in [9.17, 15) is 20.1 Å². The number of fused-ring (bicyclic) bond motifs is 10. The van der Waals surface area contributed by atoms with E-state index in [2.05, 4.69) is 27.7 Å². The standard InChI is InChI=1S/C52H74B2F2N4O4Se2/c1-5-9-13-17-21-25-29-51(30-26-22-18-14-10-6-2)35-33-37(53(61)62)47-49(59-65-57-47)39(35)41-43(51)45(55)42-40-36(34-38(54(63)64)48-50(40)60-66-58-48)52(44(42)46(41)56,31-27-23-19-15-11-7-3)32-28-24-20-16-12-8-4/h33-34,61-64H,5-32H2,1-4H3. The normalized spacial score (nSPS) is 14.3. The molecule has 0 unspecified atom stereocenters. The molecule has 0 saturated carbocycles. The molecule has 8 nitrogen and oxygen atoms in total. The molecule has 0 saturated heterocycles. The molecule has 0 atom stereocenters. The first-order valence-electron chi connectivity index (χ1n) is 26.0. The van der Waals surface area contributed by atoms with Gasteiger partial charge in [0.25, 0.3) is 0 Å². The van der Waals surface area contributed by atoms with E-state index in [1.165, 1.54) is 0 Å². The first-order valence-corrected chi connectivity index (χ1v) is 29.1. The number of benzene rings is 3. The van der Waals surface area contributed by atoms with Gasteiger partial charge in [-0.3, -0.25) is 0 Å². The van der Waals surface area contributed by atoms with Crippen LogP contribution >= 0.6 is 0 Å². The van der Waals surface area contributed by atoms with Crippen molar-refractivity contribution in [3.63, 3.8) is 0 Å². The summed E-state index contributed by atoms with van der Waals surface area (Å²) in [6, 6.07) is 3.66. The summed E-state index contributed by atoms with van der Waals surface area (Å²) in [4.78, 5) is 0. The van der Waals surface area contributed by atoms with Crippen LogP contribution in [0.1, 0.15) is 230 Å². The topological polar surface area (TPSA) is 132 Å². The molecule has 5 aromatic rings. The van der Waals surface area contributed by atoms with Crippen LogP contribution in [0, 0.1) is 11.6 Å². The average Bonchev–Trinajstić information content (AvgIpc) is 4.10. The summed E-state index contributed by atoms with van der Waals surface area (Å²) < 4.78 is 58.1. The van der Waals surface area contributed by atoms with Crippen LogP contribution in [0.5, 0.6) is 0 Å². The molecule has 3 aromatic carbocycles. The van der Waals surface area contributed by atoms with E-state index in [0.717, 1.165) is 165 Å². The molecule has 2 heterocycles. The fourth-order valence-corrected chi connectivity index (χ4v) is 14.4. The maximum atomic E-state index is 19.4.